The summed E-state index contributed by atoms with van der Waals surface area (Å²) in [5.74, 6) is -0.221. The Morgan fingerprint density at radius 2 is 1.90 bits per heavy atom. The summed E-state index contributed by atoms with van der Waals surface area (Å²) in [6, 6.07) is 13.3. The molecule has 1 atom stereocenters. The number of nitrogens with zero attached hydrogens (tertiary/aromatic N) is 3. The Morgan fingerprint density at radius 3 is 2.67 bits per heavy atom. The molecule has 4 aromatic rings. The summed E-state index contributed by atoms with van der Waals surface area (Å²) >= 11 is 7.59. The first-order chi connectivity index (χ1) is 14.4. The Morgan fingerprint density at radius 1 is 1.17 bits per heavy atom. The molecule has 9 heteroatoms. The van der Waals surface area contributed by atoms with Gasteiger partial charge in [0.15, 0.2) is 0 Å². The van der Waals surface area contributed by atoms with Gasteiger partial charge < -0.3 is 5.32 Å². The summed E-state index contributed by atoms with van der Waals surface area (Å²) in [7, 11) is 0. The van der Waals surface area contributed by atoms with Gasteiger partial charge in [-0.15, -0.1) is 11.3 Å². The van der Waals surface area contributed by atoms with Crippen LogP contribution in [-0.2, 0) is 11.2 Å². The van der Waals surface area contributed by atoms with Crippen molar-refractivity contribution in [2.45, 2.75) is 25.9 Å². The number of halogens is 3. The molecule has 2 aromatic carbocycles. The second-order valence-corrected chi connectivity index (χ2v) is 7.96. The number of fused-ring (bicyclic) bond motifs is 1. The van der Waals surface area contributed by atoms with Gasteiger partial charge in [0.1, 0.15) is 10.8 Å². The lowest BCUT2D eigenvalue weighted by Crippen LogP contribution is -2.30. The lowest BCUT2D eigenvalue weighted by molar-refractivity contribution is -0.121. The fourth-order valence-corrected chi connectivity index (χ4v) is 4.38. The Hall–Kier alpha value is -2.84. The van der Waals surface area contributed by atoms with Crippen molar-refractivity contribution in [3.8, 4) is 10.6 Å². The van der Waals surface area contributed by atoms with Crippen molar-refractivity contribution in [1.29, 1.82) is 0 Å². The predicted octanol–water partition coefficient (Wildman–Crippen LogP) is 5.63. The zero-order valence-corrected chi connectivity index (χ0v) is 17.4. The van der Waals surface area contributed by atoms with Crippen molar-refractivity contribution >= 4 is 39.9 Å². The minimum absolute atomic E-state index is 0.0280. The van der Waals surface area contributed by atoms with Crippen LogP contribution in [0.2, 0.25) is 5.02 Å². The van der Waals surface area contributed by atoms with Crippen LogP contribution in [0.15, 0.2) is 53.9 Å². The van der Waals surface area contributed by atoms with Gasteiger partial charge in [-0.05, 0) is 25.1 Å². The standard InChI is InChI=1S/C21H17ClF2N4OS/c1-12(19-27-16-8-4-5-9-17(16)28(19)21(23)24)25-18(29)10-13-11-30-20(26-13)14-6-2-3-7-15(14)22/h2-9,11-12,21H,10H2,1H3,(H,25,29). The summed E-state index contributed by atoms with van der Waals surface area (Å²) in [4.78, 5) is 21.3. The predicted molar refractivity (Wildman–Crippen MR) is 114 cm³/mol. The molecular weight excluding hydrogens is 430 g/mol. The smallest absolute Gasteiger partial charge is 0.320 e. The molecule has 0 saturated heterocycles. The fraction of sp³-hybridized carbons (Fsp3) is 0.190. The minimum atomic E-state index is -2.76. The number of carbonyl (C=O) groups excluding carboxylic acids is 1. The number of hydrogen-bond donors (Lipinski definition) is 1. The van der Waals surface area contributed by atoms with Gasteiger partial charge in [0, 0.05) is 10.9 Å². The molecule has 5 nitrogen and oxygen atoms in total. The second-order valence-electron chi connectivity index (χ2n) is 6.70. The summed E-state index contributed by atoms with van der Waals surface area (Å²) in [6.07, 6.45) is 0.0280. The van der Waals surface area contributed by atoms with Gasteiger partial charge in [0.05, 0.1) is 34.2 Å². The van der Waals surface area contributed by atoms with E-state index in [1.165, 1.54) is 11.3 Å². The quantitative estimate of drug-likeness (QED) is 0.417. The van der Waals surface area contributed by atoms with Crippen molar-refractivity contribution in [2.75, 3.05) is 0 Å². The van der Waals surface area contributed by atoms with Gasteiger partial charge in [-0.1, -0.05) is 41.9 Å². The molecule has 1 unspecified atom stereocenters. The maximum absolute atomic E-state index is 13.6. The molecule has 4 rings (SSSR count). The van der Waals surface area contributed by atoms with Crippen LogP contribution in [0.4, 0.5) is 8.78 Å². The minimum Gasteiger partial charge on any atom is -0.346 e. The van der Waals surface area contributed by atoms with Crippen LogP contribution in [-0.4, -0.2) is 20.4 Å². The monoisotopic (exact) mass is 446 g/mol. The van der Waals surface area contributed by atoms with Crippen LogP contribution >= 0.6 is 22.9 Å². The average molecular weight is 447 g/mol. The van der Waals surface area contributed by atoms with E-state index in [9.17, 15) is 13.6 Å². The van der Waals surface area contributed by atoms with E-state index in [1.54, 1.807) is 42.6 Å². The van der Waals surface area contributed by atoms with E-state index in [2.05, 4.69) is 15.3 Å². The molecule has 0 spiro atoms. The third kappa shape index (κ3) is 4.06. The van der Waals surface area contributed by atoms with Gasteiger partial charge in [-0.25, -0.2) is 9.97 Å². The molecule has 0 fully saturated rings. The maximum atomic E-state index is 13.6. The Bertz CT molecular complexity index is 1210. The van der Waals surface area contributed by atoms with Crippen molar-refractivity contribution in [2.24, 2.45) is 0 Å². The number of benzene rings is 2. The first-order valence-corrected chi connectivity index (χ1v) is 10.4. The molecule has 2 aromatic heterocycles. The van der Waals surface area contributed by atoms with E-state index in [4.69, 9.17) is 11.6 Å². The molecule has 0 aliphatic rings. The third-order valence-electron chi connectivity index (χ3n) is 4.58. The van der Waals surface area contributed by atoms with Crippen LogP contribution in [0.5, 0.6) is 0 Å². The highest BCUT2D eigenvalue weighted by molar-refractivity contribution is 7.13. The lowest BCUT2D eigenvalue weighted by atomic mass is 10.2. The van der Waals surface area contributed by atoms with Gasteiger partial charge in [0.25, 0.3) is 0 Å². The molecular formula is C21H17ClF2N4OS. The van der Waals surface area contributed by atoms with Crippen molar-refractivity contribution in [3.63, 3.8) is 0 Å². The van der Waals surface area contributed by atoms with E-state index in [0.717, 1.165) is 15.1 Å². The first-order valence-electron chi connectivity index (χ1n) is 9.17. The Kier molecular flexibility index (Phi) is 5.78. The molecule has 0 aliphatic carbocycles. The molecule has 2 heterocycles. The van der Waals surface area contributed by atoms with Crippen molar-refractivity contribution < 1.29 is 13.6 Å². The SMILES string of the molecule is CC(NC(=O)Cc1csc(-c2ccccc2Cl)n1)c1nc2ccccc2n1C(F)F. The van der Waals surface area contributed by atoms with E-state index in [1.807, 2.05) is 18.2 Å². The summed E-state index contributed by atoms with van der Waals surface area (Å²) in [6.45, 7) is -1.13. The molecule has 154 valence electrons. The van der Waals surface area contributed by atoms with Crippen molar-refractivity contribution in [3.05, 3.63) is 70.5 Å². The van der Waals surface area contributed by atoms with E-state index in [-0.39, 0.29) is 18.2 Å². The average Bonchev–Trinajstić information content (AvgIpc) is 3.32. The highest BCUT2D eigenvalue weighted by atomic mass is 35.5. The number of para-hydroxylation sites is 2. The number of imidazole rings is 1. The van der Waals surface area contributed by atoms with Gasteiger partial charge in [-0.3, -0.25) is 9.36 Å². The van der Waals surface area contributed by atoms with Crippen LogP contribution in [0.25, 0.3) is 21.6 Å². The fourth-order valence-electron chi connectivity index (χ4n) is 3.24. The normalized spacial score (nSPS) is 12.4. The van der Waals surface area contributed by atoms with Gasteiger partial charge in [0.2, 0.25) is 5.91 Å². The van der Waals surface area contributed by atoms with Crippen LogP contribution < -0.4 is 5.32 Å². The lowest BCUT2D eigenvalue weighted by Gasteiger charge is -2.15. The van der Waals surface area contributed by atoms with Gasteiger partial charge in [-0.2, -0.15) is 8.78 Å². The van der Waals surface area contributed by atoms with Gasteiger partial charge >= 0.3 is 6.55 Å². The molecule has 0 radical (unpaired) electrons. The molecule has 0 aliphatic heterocycles. The number of hydrogen-bond acceptors (Lipinski definition) is 4. The highest BCUT2D eigenvalue weighted by Gasteiger charge is 2.23. The molecule has 30 heavy (non-hydrogen) atoms. The zero-order valence-electron chi connectivity index (χ0n) is 15.8. The van der Waals surface area contributed by atoms with Crippen LogP contribution in [0, 0.1) is 0 Å². The first kappa shape index (κ1) is 20.4. The van der Waals surface area contributed by atoms with E-state index in [0.29, 0.717) is 21.7 Å². The summed E-state index contributed by atoms with van der Waals surface area (Å²) in [5.41, 5.74) is 2.17. The number of rotatable bonds is 6. The maximum Gasteiger partial charge on any atom is 0.320 e. The molecule has 0 saturated carbocycles. The Labute approximate surface area is 180 Å². The van der Waals surface area contributed by atoms with E-state index >= 15 is 0 Å². The molecule has 0 bridgehead atoms. The summed E-state index contributed by atoms with van der Waals surface area (Å²) in [5, 5.41) is 5.84. The van der Waals surface area contributed by atoms with Crippen LogP contribution in [0.1, 0.15) is 31.0 Å². The summed E-state index contributed by atoms with van der Waals surface area (Å²) < 4.78 is 28.1. The molecule has 1 amide bonds. The zero-order chi connectivity index (χ0) is 21.3. The largest absolute Gasteiger partial charge is 0.346 e. The number of aromatic nitrogens is 3. The number of nitrogens with one attached hydrogen (secondary N) is 1. The highest BCUT2D eigenvalue weighted by Crippen LogP contribution is 2.30. The number of alkyl halides is 2. The third-order valence-corrected chi connectivity index (χ3v) is 5.83. The number of amides is 1. The Balaban J connectivity index is 1.49. The topological polar surface area (TPSA) is 59.8 Å². The van der Waals surface area contributed by atoms with Crippen molar-refractivity contribution in [1.82, 2.24) is 19.9 Å². The van der Waals surface area contributed by atoms with Crippen LogP contribution in [0.3, 0.4) is 0 Å². The number of thiazole rings is 1. The number of carbonyl (C=O) groups is 1. The second kappa shape index (κ2) is 8.49. The molecule has 1 N–H and O–H groups in total. The van der Waals surface area contributed by atoms with E-state index < -0.39 is 12.6 Å².